The summed E-state index contributed by atoms with van der Waals surface area (Å²) in [6, 6.07) is 6.82. The Hall–Kier alpha value is -1.10. The maximum Gasteiger partial charge on any atom is 0.115 e. The molecule has 3 N–H and O–H groups in total. The second-order valence-electron chi connectivity index (χ2n) is 9.38. The van der Waals surface area contributed by atoms with Crippen LogP contribution in [0.2, 0.25) is 0 Å². The minimum absolute atomic E-state index is 0.0588. The number of nitrogens with zero attached hydrogens (tertiary/aromatic N) is 1. The predicted molar refractivity (Wildman–Crippen MR) is 97.8 cm³/mol. The average molecular weight is 342 g/mol. The van der Waals surface area contributed by atoms with Crippen LogP contribution in [0.15, 0.2) is 18.2 Å². The van der Waals surface area contributed by atoms with E-state index in [0.717, 1.165) is 38.6 Å². The lowest BCUT2D eigenvalue weighted by atomic mass is 9.40. The minimum atomic E-state index is -0.532. The average Bonchev–Trinajstić information content (AvgIpc) is 2.80. The lowest BCUT2D eigenvalue weighted by Gasteiger charge is -2.76. The number of nitrogens with one attached hydrogen (secondary N) is 1. The molecule has 0 radical (unpaired) electrons. The van der Waals surface area contributed by atoms with Gasteiger partial charge in [0, 0.05) is 36.0 Å². The third kappa shape index (κ3) is 1.88. The Labute approximate surface area is 150 Å². The number of likely N-dealkylation sites (N-methyl/N-ethyl adjacent to an activating group) is 1. The third-order valence-corrected chi connectivity index (χ3v) is 8.14. The summed E-state index contributed by atoms with van der Waals surface area (Å²) in [4.78, 5) is 2.47. The van der Waals surface area contributed by atoms with Crippen LogP contribution in [-0.4, -0.2) is 52.9 Å². The van der Waals surface area contributed by atoms with Gasteiger partial charge in [-0.05, 0) is 49.6 Å². The van der Waals surface area contributed by atoms with E-state index in [1.807, 2.05) is 12.1 Å². The molecule has 1 aliphatic heterocycles. The lowest BCUT2D eigenvalue weighted by molar-refractivity contribution is -0.218. The normalized spacial score (nSPS) is 41.2. The minimum Gasteiger partial charge on any atom is -0.508 e. The van der Waals surface area contributed by atoms with E-state index in [1.165, 1.54) is 17.5 Å². The van der Waals surface area contributed by atoms with Crippen molar-refractivity contribution in [3.8, 4) is 5.75 Å². The van der Waals surface area contributed by atoms with Crippen molar-refractivity contribution in [3.63, 3.8) is 0 Å². The molecule has 4 unspecified atom stereocenters. The van der Waals surface area contributed by atoms with E-state index >= 15 is 0 Å². The van der Waals surface area contributed by atoms with Crippen LogP contribution in [0.3, 0.4) is 0 Å². The molecule has 0 bridgehead atoms. The van der Waals surface area contributed by atoms with Gasteiger partial charge in [0.2, 0.25) is 0 Å². The quantitative estimate of drug-likeness (QED) is 0.788. The van der Waals surface area contributed by atoms with Gasteiger partial charge in [-0.15, -0.1) is 0 Å². The first kappa shape index (κ1) is 16.1. The molecule has 0 aromatic heterocycles. The smallest absolute Gasteiger partial charge is 0.115 e. The molecule has 3 fully saturated rings. The topological polar surface area (TPSA) is 55.7 Å². The molecular formula is C21H30N2O2. The molecule has 4 nitrogen and oxygen atoms in total. The number of benzene rings is 1. The van der Waals surface area contributed by atoms with Gasteiger partial charge in [0.25, 0.3) is 0 Å². The van der Waals surface area contributed by atoms with Crippen LogP contribution in [-0.2, 0) is 11.8 Å². The van der Waals surface area contributed by atoms with Crippen molar-refractivity contribution in [2.45, 2.75) is 68.5 Å². The van der Waals surface area contributed by atoms with Gasteiger partial charge in [-0.2, -0.15) is 0 Å². The van der Waals surface area contributed by atoms with Crippen molar-refractivity contribution < 1.29 is 10.2 Å². The molecule has 4 aliphatic rings. The van der Waals surface area contributed by atoms with Crippen LogP contribution >= 0.6 is 0 Å². The summed E-state index contributed by atoms with van der Waals surface area (Å²) < 4.78 is 0. The van der Waals surface area contributed by atoms with Gasteiger partial charge in [0.05, 0.1) is 5.60 Å². The standard InChI is InChI=1S/C21H30N2O2/c1-19-16-10-15(24)7-6-14(16)11-21(19)13-23(2)18(21)17(19)22-12-20(25)8-4-3-5-9-20/h6-7,10,17-18,22,24-25H,3-5,8-9,11-13H2,1-2H3. The van der Waals surface area contributed by atoms with Gasteiger partial charge in [0.15, 0.2) is 0 Å². The number of hydrogen-bond donors (Lipinski definition) is 3. The van der Waals surface area contributed by atoms with Crippen LogP contribution < -0.4 is 5.32 Å². The molecule has 2 saturated carbocycles. The van der Waals surface area contributed by atoms with Gasteiger partial charge >= 0.3 is 0 Å². The van der Waals surface area contributed by atoms with Crippen LogP contribution in [0.5, 0.6) is 5.75 Å². The second-order valence-corrected chi connectivity index (χ2v) is 9.38. The Bertz CT molecular complexity index is 714. The summed E-state index contributed by atoms with van der Waals surface area (Å²) in [5, 5.41) is 24.8. The number of aliphatic hydroxyl groups is 1. The first-order valence-electron chi connectivity index (χ1n) is 9.88. The SMILES string of the molecule is CN1CC23Cc4ccc(O)cc4C2(C)C(NCC2(O)CCCCC2)C13. The van der Waals surface area contributed by atoms with Crippen molar-refractivity contribution >= 4 is 0 Å². The van der Waals surface area contributed by atoms with Gasteiger partial charge < -0.3 is 20.4 Å². The molecule has 1 spiro atoms. The van der Waals surface area contributed by atoms with Crippen molar-refractivity contribution in [1.82, 2.24) is 10.2 Å². The fraction of sp³-hybridized carbons (Fsp3) is 0.714. The molecule has 1 saturated heterocycles. The lowest BCUT2D eigenvalue weighted by Crippen LogP contribution is -2.89. The van der Waals surface area contributed by atoms with Crippen LogP contribution in [0.1, 0.15) is 50.2 Å². The van der Waals surface area contributed by atoms with Gasteiger partial charge in [0.1, 0.15) is 5.75 Å². The summed E-state index contributed by atoms with van der Waals surface area (Å²) >= 11 is 0. The molecule has 5 rings (SSSR count). The fourth-order valence-electron chi connectivity index (χ4n) is 6.84. The molecule has 1 aromatic carbocycles. The monoisotopic (exact) mass is 342 g/mol. The predicted octanol–water partition coefficient (Wildman–Crippen LogP) is 2.17. The van der Waals surface area contributed by atoms with E-state index in [9.17, 15) is 10.2 Å². The van der Waals surface area contributed by atoms with Crippen molar-refractivity contribution in [1.29, 1.82) is 0 Å². The zero-order chi connectivity index (χ0) is 17.4. The van der Waals surface area contributed by atoms with E-state index < -0.39 is 5.60 Å². The number of likely N-dealkylation sites (tertiary alicyclic amines) is 1. The molecule has 4 atom stereocenters. The van der Waals surface area contributed by atoms with E-state index in [0.29, 0.717) is 29.8 Å². The van der Waals surface area contributed by atoms with Gasteiger partial charge in [-0.25, -0.2) is 0 Å². The Kier molecular flexibility index (Phi) is 3.22. The molecule has 3 aliphatic carbocycles. The highest BCUT2D eigenvalue weighted by atomic mass is 16.3. The van der Waals surface area contributed by atoms with Gasteiger partial charge in [-0.3, -0.25) is 0 Å². The van der Waals surface area contributed by atoms with Crippen LogP contribution in [0.25, 0.3) is 0 Å². The Morgan fingerprint density at radius 2 is 2.00 bits per heavy atom. The van der Waals surface area contributed by atoms with Crippen LogP contribution in [0, 0.1) is 5.41 Å². The third-order valence-electron chi connectivity index (χ3n) is 8.14. The molecule has 1 aromatic rings. The highest BCUT2D eigenvalue weighted by molar-refractivity contribution is 5.56. The van der Waals surface area contributed by atoms with Crippen molar-refractivity contribution in [3.05, 3.63) is 29.3 Å². The van der Waals surface area contributed by atoms with Crippen molar-refractivity contribution in [2.24, 2.45) is 5.41 Å². The summed E-state index contributed by atoms with van der Waals surface area (Å²) in [5.41, 5.74) is 2.56. The Morgan fingerprint density at radius 3 is 2.72 bits per heavy atom. The second kappa shape index (κ2) is 4.99. The first-order valence-corrected chi connectivity index (χ1v) is 9.88. The van der Waals surface area contributed by atoms with Crippen LogP contribution in [0.4, 0.5) is 0 Å². The maximum atomic E-state index is 10.9. The molecule has 136 valence electrons. The first-order chi connectivity index (χ1) is 11.9. The molecule has 25 heavy (non-hydrogen) atoms. The maximum absolute atomic E-state index is 10.9. The summed E-state index contributed by atoms with van der Waals surface area (Å²) in [5.74, 6) is 0.373. The molecule has 1 heterocycles. The fourth-order valence-corrected chi connectivity index (χ4v) is 6.84. The number of aromatic hydroxyl groups is 1. The van der Waals surface area contributed by atoms with E-state index in [4.69, 9.17) is 0 Å². The van der Waals surface area contributed by atoms with Gasteiger partial charge in [-0.1, -0.05) is 32.3 Å². The number of hydrogen-bond acceptors (Lipinski definition) is 4. The summed E-state index contributed by atoms with van der Waals surface area (Å²) in [6.07, 6.45) is 6.51. The molecule has 0 amide bonds. The Morgan fingerprint density at radius 1 is 1.24 bits per heavy atom. The molecule has 4 heteroatoms. The van der Waals surface area contributed by atoms with E-state index in [-0.39, 0.29) is 5.41 Å². The van der Waals surface area contributed by atoms with Crippen molar-refractivity contribution in [2.75, 3.05) is 20.1 Å². The zero-order valence-corrected chi connectivity index (χ0v) is 15.4. The van der Waals surface area contributed by atoms with E-state index in [2.05, 4.69) is 30.3 Å². The number of phenols is 1. The highest BCUT2D eigenvalue weighted by Gasteiger charge is 2.78. The summed E-state index contributed by atoms with van der Waals surface area (Å²) in [7, 11) is 2.22. The summed E-state index contributed by atoms with van der Waals surface area (Å²) in [6.45, 7) is 4.21. The number of rotatable bonds is 3. The molecular weight excluding hydrogens is 312 g/mol. The van der Waals surface area contributed by atoms with E-state index in [1.54, 1.807) is 0 Å². The largest absolute Gasteiger partial charge is 0.508 e. The number of piperidine rings is 1. The Balaban J connectivity index is 1.44. The highest BCUT2D eigenvalue weighted by Crippen LogP contribution is 2.70. The number of phenolic OH excluding ortho intramolecular Hbond substituents is 1. The zero-order valence-electron chi connectivity index (χ0n) is 15.4. The number of fused-ring (bicyclic) bond motifs is 2.